The first kappa shape index (κ1) is 14.0. The highest BCUT2D eigenvalue weighted by Crippen LogP contribution is 2.21. The smallest absolute Gasteiger partial charge is 0.259 e. The number of fused-ring (bicyclic) bond motifs is 1. The zero-order valence-corrected chi connectivity index (χ0v) is 12.1. The molecule has 0 aliphatic carbocycles. The van der Waals surface area contributed by atoms with Crippen molar-refractivity contribution < 1.29 is 4.79 Å². The molecule has 108 valence electrons. The Morgan fingerprint density at radius 3 is 2.55 bits per heavy atom. The summed E-state index contributed by atoms with van der Waals surface area (Å²) in [6.07, 6.45) is 3.40. The van der Waals surface area contributed by atoms with Crippen molar-refractivity contribution in [1.82, 2.24) is 4.98 Å². The zero-order chi connectivity index (χ0) is 15.4. The average Bonchev–Trinajstić information content (AvgIpc) is 2.59. The van der Waals surface area contributed by atoms with E-state index in [1.54, 1.807) is 23.2 Å². The van der Waals surface area contributed by atoms with Crippen molar-refractivity contribution in [2.24, 2.45) is 0 Å². The van der Waals surface area contributed by atoms with Crippen LogP contribution < -0.4 is 4.90 Å². The molecule has 0 spiro atoms. The van der Waals surface area contributed by atoms with E-state index in [4.69, 9.17) is 0 Å². The van der Waals surface area contributed by atoms with Crippen molar-refractivity contribution >= 4 is 22.5 Å². The second-order valence-corrected chi connectivity index (χ2v) is 4.92. The summed E-state index contributed by atoms with van der Waals surface area (Å²) in [5, 5.41) is 0.861. The second kappa shape index (κ2) is 6.22. The summed E-state index contributed by atoms with van der Waals surface area (Å²) >= 11 is 0. The van der Waals surface area contributed by atoms with Crippen molar-refractivity contribution in [2.75, 3.05) is 11.4 Å². The molecule has 0 fully saturated rings. The summed E-state index contributed by atoms with van der Waals surface area (Å²) in [5.41, 5.74) is 2.32. The van der Waals surface area contributed by atoms with E-state index >= 15 is 0 Å². The lowest BCUT2D eigenvalue weighted by Crippen LogP contribution is -2.31. The van der Waals surface area contributed by atoms with E-state index in [0.29, 0.717) is 12.1 Å². The fraction of sp³-hybridized carbons (Fsp3) is 0.0526. The zero-order valence-electron chi connectivity index (χ0n) is 12.1. The van der Waals surface area contributed by atoms with Crippen molar-refractivity contribution in [3.63, 3.8) is 0 Å². The number of benzene rings is 2. The average molecular weight is 288 g/mol. The molecule has 1 aromatic heterocycles. The van der Waals surface area contributed by atoms with Crippen LogP contribution in [0.25, 0.3) is 10.9 Å². The SMILES string of the molecule is C=CCN(C(=O)c1ccnc2ccccc12)c1ccccc1. The number of para-hydroxylation sites is 2. The lowest BCUT2D eigenvalue weighted by atomic mass is 10.1. The van der Waals surface area contributed by atoms with Gasteiger partial charge in [-0.1, -0.05) is 42.5 Å². The fourth-order valence-electron chi connectivity index (χ4n) is 2.47. The number of anilines is 1. The molecule has 1 amide bonds. The van der Waals surface area contributed by atoms with Gasteiger partial charge in [0.25, 0.3) is 5.91 Å². The molecule has 0 saturated heterocycles. The predicted octanol–water partition coefficient (Wildman–Crippen LogP) is 4.07. The molecule has 0 aliphatic rings. The van der Waals surface area contributed by atoms with Gasteiger partial charge in [-0.2, -0.15) is 0 Å². The van der Waals surface area contributed by atoms with E-state index < -0.39 is 0 Å². The molecular weight excluding hydrogens is 272 g/mol. The van der Waals surface area contributed by atoms with Crippen LogP contribution in [0, 0.1) is 0 Å². The first-order chi connectivity index (χ1) is 10.8. The van der Waals surface area contributed by atoms with Gasteiger partial charge >= 0.3 is 0 Å². The number of pyridine rings is 1. The fourth-order valence-corrected chi connectivity index (χ4v) is 2.47. The van der Waals surface area contributed by atoms with Gasteiger partial charge in [-0.3, -0.25) is 9.78 Å². The molecule has 0 bridgehead atoms. The Morgan fingerprint density at radius 2 is 1.77 bits per heavy atom. The number of amides is 1. The molecule has 0 radical (unpaired) electrons. The maximum absolute atomic E-state index is 13.0. The van der Waals surface area contributed by atoms with Gasteiger partial charge in [-0.25, -0.2) is 0 Å². The van der Waals surface area contributed by atoms with Crippen LogP contribution in [-0.4, -0.2) is 17.4 Å². The maximum atomic E-state index is 13.0. The van der Waals surface area contributed by atoms with Crippen LogP contribution in [0.2, 0.25) is 0 Å². The number of nitrogens with zero attached hydrogens (tertiary/aromatic N) is 2. The van der Waals surface area contributed by atoms with Crippen molar-refractivity contribution in [3.05, 3.63) is 85.1 Å². The number of aromatic nitrogens is 1. The Hall–Kier alpha value is -2.94. The van der Waals surface area contributed by atoms with Gasteiger partial charge in [-0.15, -0.1) is 6.58 Å². The first-order valence-electron chi connectivity index (χ1n) is 7.13. The highest BCUT2D eigenvalue weighted by molar-refractivity contribution is 6.13. The third-order valence-electron chi connectivity index (χ3n) is 3.50. The Morgan fingerprint density at radius 1 is 1.05 bits per heavy atom. The molecule has 22 heavy (non-hydrogen) atoms. The number of carbonyl (C=O) groups excluding carboxylic acids is 1. The number of rotatable bonds is 4. The quantitative estimate of drug-likeness (QED) is 0.678. The van der Waals surface area contributed by atoms with E-state index in [9.17, 15) is 4.79 Å². The highest BCUT2D eigenvalue weighted by atomic mass is 16.2. The van der Waals surface area contributed by atoms with Gasteiger partial charge in [0.1, 0.15) is 0 Å². The lowest BCUT2D eigenvalue weighted by Gasteiger charge is -2.22. The van der Waals surface area contributed by atoms with Crippen LogP contribution in [0.1, 0.15) is 10.4 Å². The monoisotopic (exact) mass is 288 g/mol. The van der Waals surface area contributed by atoms with Gasteiger partial charge in [0.05, 0.1) is 11.1 Å². The predicted molar refractivity (Wildman–Crippen MR) is 90.1 cm³/mol. The van der Waals surface area contributed by atoms with Gasteiger partial charge in [0, 0.05) is 23.8 Å². The van der Waals surface area contributed by atoms with Crippen LogP contribution in [-0.2, 0) is 0 Å². The molecule has 1 heterocycles. The molecule has 0 N–H and O–H groups in total. The standard InChI is InChI=1S/C19H16N2O/c1-2-14-21(15-8-4-3-5-9-15)19(22)17-12-13-20-18-11-7-6-10-16(17)18/h2-13H,1,14H2. The van der Waals surface area contributed by atoms with E-state index in [1.165, 1.54) is 0 Å². The molecule has 0 atom stereocenters. The number of hydrogen-bond donors (Lipinski definition) is 0. The molecule has 2 aromatic carbocycles. The number of hydrogen-bond acceptors (Lipinski definition) is 2. The van der Waals surface area contributed by atoms with E-state index in [2.05, 4.69) is 11.6 Å². The van der Waals surface area contributed by atoms with E-state index in [-0.39, 0.29) is 5.91 Å². The Bertz CT molecular complexity index is 807. The van der Waals surface area contributed by atoms with Crippen LogP contribution >= 0.6 is 0 Å². The molecule has 0 saturated carbocycles. The normalized spacial score (nSPS) is 10.4. The first-order valence-corrected chi connectivity index (χ1v) is 7.13. The molecule has 3 aromatic rings. The second-order valence-electron chi connectivity index (χ2n) is 4.92. The van der Waals surface area contributed by atoms with Crippen LogP contribution in [0.3, 0.4) is 0 Å². The lowest BCUT2D eigenvalue weighted by molar-refractivity contribution is 0.0991. The largest absolute Gasteiger partial charge is 0.305 e. The van der Waals surface area contributed by atoms with Crippen LogP contribution in [0.5, 0.6) is 0 Å². The maximum Gasteiger partial charge on any atom is 0.259 e. The van der Waals surface area contributed by atoms with Gasteiger partial charge < -0.3 is 4.90 Å². The summed E-state index contributed by atoms with van der Waals surface area (Å²) in [6.45, 7) is 4.22. The Kier molecular flexibility index (Phi) is 3.97. The third-order valence-corrected chi connectivity index (χ3v) is 3.50. The van der Waals surface area contributed by atoms with Crippen LogP contribution in [0.15, 0.2) is 79.5 Å². The Balaban J connectivity index is 2.08. The third kappa shape index (κ3) is 2.61. The summed E-state index contributed by atoms with van der Waals surface area (Å²) in [4.78, 5) is 19.0. The van der Waals surface area contributed by atoms with E-state index in [0.717, 1.165) is 16.6 Å². The summed E-state index contributed by atoms with van der Waals surface area (Å²) in [5.74, 6) is -0.0512. The van der Waals surface area contributed by atoms with Gasteiger partial charge in [-0.05, 0) is 24.3 Å². The molecule has 3 nitrogen and oxygen atoms in total. The molecule has 0 aliphatic heterocycles. The topological polar surface area (TPSA) is 33.2 Å². The minimum absolute atomic E-state index is 0.0512. The van der Waals surface area contributed by atoms with Gasteiger partial charge in [0.2, 0.25) is 0 Å². The molecular formula is C19H16N2O. The highest BCUT2D eigenvalue weighted by Gasteiger charge is 2.18. The van der Waals surface area contributed by atoms with Crippen molar-refractivity contribution in [1.29, 1.82) is 0 Å². The number of carbonyl (C=O) groups is 1. The van der Waals surface area contributed by atoms with Gasteiger partial charge in [0.15, 0.2) is 0 Å². The molecule has 3 heteroatoms. The van der Waals surface area contributed by atoms with Crippen molar-refractivity contribution in [3.8, 4) is 0 Å². The summed E-state index contributed by atoms with van der Waals surface area (Å²) < 4.78 is 0. The molecule has 0 unspecified atom stereocenters. The molecule has 3 rings (SSSR count). The minimum Gasteiger partial charge on any atom is -0.305 e. The summed E-state index contributed by atoms with van der Waals surface area (Å²) in [7, 11) is 0. The van der Waals surface area contributed by atoms with Crippen LogP contribution in [0.4, 0.5) is 5.69 Å². The minimum atomic E-state index is -0.0512. The summed E-state index contributed by atoms with van der Waals surface area (Å²) in [6, 6.07) is 19.1. The Labute approximate surface area is 129 Å². The van der Waals surface area contributed by atoms with E-state index in [1.807, 2.05) is 54.6 Å². The van der Waals surface area contributed by atoms with Crippen molar-refractivity contribution in [2.45, 2.75) is 0 Å².